The van der Waals surface area contributed by atoms with Crippen LogP contribution in [0.1, 0.15) is 44.4 Å². The van der Waals surface area contributed by atoms with Crippen molar-refractivity contribution in [1.82, 2.24) is 9.55 Å². The topological polar surface area (TPSA) is 106 Å². The number of rotatable bonds is 6. The van der Waals surface area contributed by atoms with E-state index in [-0.39, 0.29) is 23.3 Å². The van der Waals surface area contributed by atoms with Crippen LogP contribution in [0.15, 0.2) is 83.7 Å². The number of carbonyl (C=O) groups excluding carboxylic acids is 2. The summed E-state index contributed by atoms with van der Waals surface area (Å²) >= 11 is 0. The van der Waals surface area contributed by atoms with Crippen molar-refractivity contribution in [3.8, 4) is 5.75 Å². The molecule has 208 valence electrons. The molecular weight excluding hydrogens is 518 g/mol. The zero-order valence-corrected chi connectivity index (χ0v) is 23.0. The second-order valence-electron chi connectivity index (χ2n) is 10.6. The molecule has 4 aromatic rings. The van der Waals surface area contributed by atoms with Crippen molar-refractivity contribution in [2.45, 2.75) is 25.8 Å². The molecule has 4 heterocycles. The number of carbonyl (C=O) groups is 2. The van der Waals surface area contributed by atoms with Crippen molar-refractivity contribution < 1.29 is 14.3 Å². The molecule has 9 nitrogen and oxygen atoms in total. The van der Waals surface area contributed by atoms with E-state index in [9.17, 15) is 14.4 Å². The van der Waals surface area contributed by atoms with Gasteiger partial charge < -0.3 is 24.8 Å². The quantitative estimate of drug-likeness (QED) is 0.362. The first kappa shape index (κ1) is 26.3. The third-order valence-electron chi connectivity index (χ3n) is 7.81. The zero-order chi connectivity index (χ0) is 28.5. The molecule has 2 aromatic carbocycles. The third kappa shape index (κ3) is 5.43. The van der Waals surface area contributed by atoms with Gasteiger partial charge in [-0.1, -0.05) is 12.1 Å². The summed E-state index contributed by atoms with van der Waals surface area (Å²) in [4.78, 5) is 45.7. The van der Waals surface area contributed by atoms with Crippen LogP contribution in [0.3, 0.4) is 0 Å². The number of pyridine rings is 2. The highest BCUT2D eigenvalue weighted by Gasteiger charge is 2.35. The highest BCUT2D eigenvalue weighted by atomic mass is 16.5. The van der Waals surface area contributed by atoms with Crippen LogP contribution < -0.4 is 25.8 Å². The normalized spacial score (nSPS) is 17.4. The van der Waals surface area contributed by atoms with E-state index in [1.54, 1.807) is 55.6 Å². The average Bonchev–Trinajstić information content (AvgIpc) is 2.97. The Morgan fingerprint density at radius 2 is 1.63 bits per heavy atom. The van der Waals surface area contributed by atoms with E-state index in [2.05, 4.69) is 20.5 Å². The van der Waals surface area contributed by atoms with Crippen LogP contribution in [-0.2, 0) is 6.54 Å². The van der Waals surface area contributed by atoms with Gasteiger partial charge in [0.05, 0.1) is 18.5 Å². The lowest BCUT2D eigenvalue weighted by molar-refractivity contribution is 0.101. The number of anilines is 3. The number of nitrogens with zero attached hydrogens (tertiary/aromatic N) is 3. The molecule has 2 aliphatic heterocycles. The number of fused-ring (bicyclic) bond motifs is 4. The highest BCUT2D eigenvalue weighted by Crippen LogP contribution is 2.39. The Morgan fingerprint density at radius 3 is 2.41 bits per heavy atom. The first-order valence-electron chi connectivity index (χ1n) is 13.7. The summed E-state index contributed by atoms with van der Waals surface area (Å²) < 4.78 is 7.12. The van der Waals surface area contributed by atoms with Crippen LogP contribution in [0, 0.1) is 12.8 Å². The number of nitrogens with one attached hydrogen (secondary N) is 2. The molecule has 2 aliphatic rings. The molecule has 2 N–H and O–H groups in total. The van der Waals surface area contributed by atoms with E-state index >= 15 is 0 Å². The molecule has 1 fully saturated rings. The molecule has 0 spiro atoms. The number of piperidine rings is 1. The fourth-order valence-electron chi connectivity index (χ4n) is 5.88. The summed E-state index contributed by atoms with van der Waals surface area (Å²) in [5.41, 5.74) is 4.13. The van der Waals surface area contributed by atoms with Gasteiger partial charge in [-0.15, -0.1) is 0 Å². The Kier molecular flexibility index (Phi) is 7.01. The van der Waals surface area contributed by atoms with Gasteiger partial charge in [0.15, 0.2) is 0 Å². The molecule has 2 atom stereocenters. The first-order chi connectivity index (χ1) is 19.9. The fraction of sp³-hybridized carbons (Fsp3) is 0.250. The largest absolute Gasteiger partial charge is 0.497 e. The minimum atomic E-state index is -0.321. The van der Waals surface area contributed by atoms with Gasteiger partial charge in [-0.2, -0.15) is 0 Å². The molecule has 9 heteroatoms. The van der Waals surface area contributed by atoms with Crippen molar-refractivity contribution in [3.63, 3.8) is 0 Å². The lowest BCUT2D eigenvalue weighted by Gasteiger charge is -2.44. The van der Waals surface area contributed by atoms with Gasteiger partial charge >= 0.3 is 0 Å². The number of aryl methyl sites for hydroxylation is 1. The van der Waals surface area contributed by atoms with Crippen molar-refractivity contribution in [2.75, 3.05) is 35.7 Å². The predicted octanol–water partition coefficient (Wildman–Crippen LogP) is 4.69. The Bertz CT molecular complexity index is 1680. The van der Waals surface area contributed by atoms with E-state index in [0.717, 1.165) is 30.0 Å². The molecule has 2 amide bonds. The summed E-state index contributed by atoms with van der Waals surface area (Å²) in [6.45, 7) is 3.96. The van der Waals surface area contributed by atoms with Gasteiger partial charge in [0, 0.05) is 54.1 Å². The molecule has 0 aliphatic carbocycles. The van der Waals surface area contributed by atoms with Crippen LogP contribution in [0.5, 0.6) is 5.75 Å². The summed E-state index contributed by atoms with van der Waals surface area (Å²) in [6.07, 6.45) is 1.01. The third-order valence-corrected chi connectivity index (χ3v) is 7.81. The standard InChI is InChI=1S/C32H31N5O4/c1-20-5-3-7-29(33-20)35-32(40)23-11-14-28(26(16-23)34-31(39)22-9-12-25(41-2)13-10-22)36-17-21-15-24(19-36)27-6-4-8-30(38)37(27)18-21/h3-14,16,21,24H,15,17-19H2,1-2H3,(H,34,39)(H,33,35,40)/t21-,24+/m1/s1. The molecule has 2 aromatic heterocycles. The molecular formula is C32H31N5O4. The second kappa shape index (κ2) is 10.9. The molecule has 1 saturated heterocycles. The smallest absolute Gasteiger partial charge is 0.256 e. The number of hydrogen-bond donors (Lipinski definition) is 2. The SMILES string of the molecule is COc1ccc(C(=O)Nc2cc(C(=O)Nc3cccc(C)n3)ccc2N2C[C@H]3C[C@@H](C2)c2cccc(=O)n2C3)cc1. The van der Waals surface area contributed by atoms with Gasteiger partial charge in [0.25, 0.3) is 17.4 Å². The summed E-state index contributed by atoms with van der Waals surface area (Å²) in [6, 6.07) is 23.2. The molecule has 0 unspecified atom stereocenters. The molecule has 0 saturated carbocycles. The lowest BCUT2D eigenvalue weighted by atomic mass is 9.83. The van der Waals surface area contributed by atoms with Crippen LogP contribution in [-0.4, -0.2) is 41.6 Å². The molecule has 0 radical (unpaired) electrons. The van der Waals surface area contributed by atoms with Crippen LogP contribution in [0.4, 0.5) is 17.2 Å². The molecule has 2 bridgehead atoms. The van der Waals surface area contributed by atoms with Crippen LogP contribution in [0.2, 0.25) is 0 Å². The van der Waals surface area contributed by atoms with Gasteiger partial charge in [0.2, 0.25) is 0 Å². The van der Waals surface area contributed by atoms with Gasteiger partial charge in [0.1, 0.15) is 11.6 Å². The van der Waals surface area contributed by atoms with Gasteiger partial charge in [-0.05, 0) is 79.9 Å². The molecule has 41 heavy (non-hydrogen) atoms. The molecule has 6 rings (SSSR count). The Morgan fingerprint density at radius 1 is 0.878 bits per heavy atom. The summed E-state index contributed by atoms with van der Waals surface area (Å²) in [5, 5.41) is 5.90. The number of methoxy groups -OCH3 is 1. The Balaban J connectivity index is 1.32. The predicted molar refractivity (Wildman–Crippen MR) is 158 cm³/mol. The Hall–Kier alpha value is -4.92. The summed E-state index contributed by atoms with van der Waals surface area (Å²) in [5.74, 6) is 0.990. The van der Waals surface area contributed by atoms with E-state index in [0.29, 0.717) is 47.4 Å². The van der Waals surface area contributed by atoms with Gasteiger partial charge in [-0.25, -0.2) is 4.98 Å². The maximum absolute atomic E-state index is 13.3. The number of aromatic nitrogens is 2. The van der Waals surface area contributed by atoms with Crippen molar-refractivity contribution >= 4 is 29.0 Å². The minimum absolute atomic E-state index is 0.0385. The van der Waals surface area contributed by atoms with E-state index in [1.807, 2.05) is 41.8 Å². The van der Waals surface area contributed by atoms with Crippen molar-refractivity contribution in [3.05, 3.63) is 112 Å². The maximum Gasteiger partial charge on any atom is 0.256 e. The van der Waals surface area contributed by atoms with Crippen LogP contribution >= 0.6 is 0 Å². The second-order valence-corrected chi connectivity index (χ2v) is 10.6. The van der Waals surface area contributed by atoms with Crippen molar-refractivity contribution in [2.24, 2.45) is 5.92 Å². The Labute approximate surface area is 237 Å². The number of ether oxygens (including phenoxy) is 1. The monoisotopic (exact) mass is 549 g/mol. The summed E-state index contributed by atoms with van der Waals surface area (Å²) in [7, 11) is 1.58. The van der Waals surface area contributed by atoms with Crippen molar-refractivity contribution in [1.29, 1.82) is 0 Å². The lowest BCUT2D eigenvalue weighted by Crippen LogP contribution is -2.47. The van der Waals surface area contributed by atoms with E-state index in [4.69, 9.17) is 4.74 Å². The minimum Gasteiger partial charge on any atom is -0.497 e. The fourth-order valence-corrected chi connectivity index (χ4v) is 5.88. The number of hydrogen-bond acceptors (Lipinski definition) is 6. The van der Waals surface area contributed by atoms with E-state index in [1.165, 1.54) is 0 Å². The van der Waals surface area contributed by atoms with Gasteiger partial charge in [-0.3, -0.25) is 14.4 Å². The number of benzene rings is 2. The average molecular weight is 550 g/mol. The highest BCUT2D eigenvalue weighted by molar-refractivity contribution is 6.09. The maximum atomic E-state index is 13.3. The van der Waals surface area contributed by atoms with Crippen LogP contribution in [0.25, 0.3) is 0 Å². The zero-order valence-electron chi connectivity index (χ0n) is 23.0. The number of amides is 2. The first-order valence-corrected chi connectivity index (χ1v) is 13.7. The van der Waals surface area contributed by atoms with E-state index < -0.39 is 0 Å².